The lowest BCUT2D eigenvalue weighted by Gasteiger charge is -2.03. The second kappa shape index (κ2) is 10.9. The number of anilines is 2. The molecule has 36 heavy (non-hydrogen) atoms. The standard InChI is InChI=1S/C27H18BrClN4O2S/c28-20-7-5-18(6-8-20)25-14-13-23(35-25)15-30-33-26(34)19-3-1-17(2-4-19)24-16-36-27(32-24)31-22-11-9-21(29)10-12-22/h1-16H,(H,31,32)(H,33,34)/b30-15-. The molecule has 0 saturated heterocycles. The van der Waals surface area contributed by atoms with Crippen molar-refractivity contribution in [2.24, 2.45) is 5.10 Å². The first-order chi connectivity index (χ1) is 17.5. The molecule has 0 aliphatic rings. The molecule has 2 N–H and O–H groups in total. The Morgan fingerprint density at radius 3 is 2.42 bits per heavy atom. The second-order valence-corrected chi connectivity index (χ2v) is 9.87. The number of carbonyl (C=O) groups excluding carboxylic acids is 1. The summed E-state index contributed by atoms with van der Waals surface area (Å²) in [5.74, 6) is 0.940. The number of rotatable bonds is 7. The molecule has 0 bridgehead atoms. The lowest BCUT2D eigenvalue weighted by atomic mass is 10.1. The normalized spacial score (nSPS) is 11.1. The molecule has 0 aliphatic carbocycles. The van der Waals surface area contributed by atoms with Crippen LogP contribution in [-0.4, -0.2) is 17.1 Å². The van der Waals surface area contributed by atoms with E-state index in [-0.39, 0.29) is 5.91 Å². The van der Waals surface area contributed by atoms with Gasteiger partial charge >= 0.3 is 0 Å². The molecule has 178 valence electrons. The monoisotopic (exact) mass is 576 g/mol. The Morgan fingerprint density at radius 2 is 1.67 bits per heavy atom. The molecule has 2 heterocycles. The molecule has 5 aromatic rings. The fourth-order valence-electron chi connectivity index (χ4n) is 3.32. The zero-order valence-electron chi connectivity index (χ0n) is 18.6. The number of amides is 1. The van der Waals surface area contributed by atoms with E-state index in [1.165, 1.54) is 17.6 Å². The topological polar surface area (TPSA) is 79.5 Å². The number of nitrogens with one attached hydrogen (secondary N) is 2. The van der Waals surface area contributed by atoms with Crippen LogP contribution in [0.25, 0.3) is 22.6 Å². The summed E-state index contributed by atoms with van der Waals surface area (Å²) in [6.07, 6.45) is 1.47. The van der Waals surface area contributed by atoms with Crippen molar-refractivity contribution in [1.82, 2.24) is 10.4 Å². The third-order valence-corrected chi connectivity index (χ3v) is 6.69. The first-order valence-electron chi connectivity index (χ1n) is 10.8. The predicted octanol–water partition coefficient (Wildman–Crippen LogP) is 7.99. The van der Waals surface area contributed by atoms with Crippen LogP contribution in [-0.2, 0) is 0 Å². The Bertz CT molecular complexity index is 1510. The van der Waals surface area contributed by atoms with Crippen molar-refractivity contribution < 1.29 is 9.21 Å². The lowest BCUT2D eigenvalue weighted by molar-refractivity contribution is 0.0955. The highest BCUT2D eigenvalue weighted by atomic mass is 79.9. The molecule has 2 aromatic heterocycles. The number of hydrogen-bond acceptors (Lipinski definition) is 6. The Hall–Kier alpha value is -3.72. The summed E-state index contributed by atoms with van der Waals surface area (Å²) < 4.78 is 6.77. The molecule has 0 aliphatic heterocycles. The number of aromatic nitrogens is 1. The molecule has 9 heteroatoms. The molecule has 0 unspecified atom stereocenters. The van der Waals surface area contributed by atoms with Crippen LogP contribution < -0.4 is 10.7 Å². The highest BCUT2D eigenvalue weighted by molar-refractivity contribution is 9.10. The van der Waals surface area contributed by atoms with Crippen molar-refractivity contribution >= 4 is 61.8 Å². The maximum Gasteiger partial charge on any atom is 0.271 e. The summed E-state index contributed by atoms with van der Waals surface area (Å²) in [5, 5.41) is 10.7. The SMILES string of the molecule is O=C(N/N=C\c1ccc(-c2ccc(Br)cc2)o1)c1ccc(-c2csc(Nc3ccc(Cl)cc3)n2)cc1. The zero-order chi connectivity index (χ0) is 24.9. The van der Waals surface area contributed by atoms with Gasteiger partial charge in [0.05, 0.1) is 11.9 Å². The van der Waals surface area contributed by atoms with E-state index in [4.69, 9.17) is 16.0 Å². The second-order valence-electron chi connectivity index (χ2n) is 7.66. The van der Waals surface area contributed by atoms with Crippen LogP contribution in [0.5, 0.6) is 0 Å². The number of carbonyl (C=O) groups is 1. The maximum atomic E-state index is 12.5. The Morgan fingerprint density at radius 1 is 0.944 bits per heavy atom. The van der Waals surface area contributed by atoms with Gasteiger partial charge in [0, 0.05) is 37.3 Å². The van der Waals surface area contributed by atoms with E-state index >= 15 is 0 Å². The molecule has 5 rings (SSSR count). The number of thiazole rings is 1. The van der Waals surface area contributed by atoms with Gasteiger partial charge in [0.15, 0.2) is 5.13 Å². The largest absolute Gasteiger partial charge is 0.455 e. The van der Waals surface area contributed by atoms with Crippen molar-refractivity contribution in [3.63, 3.8) is 0 Å². The van der Waals surface area contributed by atoms with Crippen LogP contribution in [0.4, 0.5) is 10.8 Å². The van der Waals surface area contributed by atoms with Gasteiger partial charge < -0.3 is 9.73 Å². The van der Waals surface area contributed by atoms with Crippen LogP contribution in [0.2, 0.25) is 5.02 Å². The first kappa shape index (κ1) is 24.0. The molecule has 0 fully saturated rings. The highest BCUT2D eigenvalue weighted by Crippen LogP contribution is 2.28. The van der Waals surface area contributed by atoms with E-state index in [0.717, 1.165) is 37.9 Å². The summed E-state index contributed by atoms with van der Waals surface area (Å²) in [5.41, 5.74) is 6.61. The van der Waals surface area contributed by atoms with Crippen LogP contribution >= 0.6 is 38.9 Å². The number of hydrazone groups is 1. The van der Waals surface area contributed by atoms with Crippen molar-refractivity contribution in [1.29, 1.82) is 0 Å². The van der Waals surface area contributed by atoms with Crippen LogP contribution in [0.1, 0.15) is 16.1 Å². The van der Waals surface area contributed by atoms with Crippen molar-refractivity contribution in [3.8, 4) is 22.6 Å². The summed E-state index contributed by atoms with van der Waals surface area (Å²) in [7, 11) is 0. The molecule has 0 radical (unpaired) electrons. The minimum Gasteiger partial charge on any atom is -0.455 e. The van der Waals surface area contributed by atoms with Crippen LogP contribution in [0.15, 0.2) is 104 Å². The number of benzene rings is 3. The van der Waals surface area contributed by atoms with Crippen molar-refractivity contribution in [2.45, 2.75) is 0 Å². The van der Waals surface area contributed by atoms with Gasteiger partial charge in [-0.15, -0.1) is 11.3 Å². The molecule has 0 spiro atoms. The Kier molecular flexibility index (Phi) is 7.27. The zero-order valence-corrected chi connectivity index (χ0v) is 21.8. The maximum absolute atomic E-state index is 12.5. The lowest BCUT2D eigenvalue weighted by Crippen LogP contribution is -2.17. The molecule has 3 aromatic carbocycles. The Balaban J connectivity index is 1.18. The highest BCUT2D eigenvalue weighted by Gasteiger charge is 2.09. The molecule has 0 saturated carbocycles. The quantitative estimate of drug-likeness (QED) is 0.152. The van der Waals surface area contributed by atoms with E-state index in [1.807, 2.05) is 72.1 Å². The summed E-state index contributed by atoms with van der Waals surface area (Å²) in [6, 6.07) is 26.1. The van der Waals surface area contributed by atoms with E-state index in [0.29, 0.717) is 16.3 Å². The fraction of sp³-hybridized carbons (Fsp3) is 0. The number of hydrogen-bond donors (Lipinski definition) is 2. The van der Waals surface area contributed by atoms with Crippen LogP contribution in [0.3, 0.4) is 0 Å². The predicted molar refractivity (Wildman–Crippen MR) is 149 cm³/mol. The Labute approximate surface area is 224 Å². The molecular weight excluding hydrogens is 560 g/mol. The number of nitrogens with zero attached hydrogens (tertiary/aromatic N) is 2. The van der Waals surface area contributed by atoms with Gasteiger partial charge in [-0.1, -0.05) is 51.8 Å². The minimum atomic E-state index is -0.319. The van der Waals surface area contributed by atoms with Crippen molar-refractivity contribution in [3.05, 3.63) is 111 Å². The van der Waals surface area contributed by atoms with E-state index < -0.39 is 0 Å². The molecule has 0 atom stereocenters. The van der Waals surface area contributed by atoms with E-state index in [2.05, 4.69) is 36.8 Å². The number of halogens is 2. The molecular formula is C27H18BrClN4O2S. The van der Waals surface area contributed by atoms with Gasteiger partial charge in [0.1, 0.15) is 11.5 Å². The van der Waals surface area contributed by atoms with Gasteiger partial charge in [-0.25, -0.2) is 10.4 Å². The van der Waals surface area contributed by atoms with Gasteiger partial charge in [0.25, 0.3) is 5.91 Å². The summed E-state index contributed by atoms with van der Waals surface area (Å²) >= 11 is 10.9. The van der Waals surface area contributed by atoms with Crippen LogP contribution in [0, 0.1) is 0 Å². The minimum absolute atomic E-state index is 0.319. The first-order valence-corrected chi connectivity index (χ1v) is 12.9. The molecule has 1 amide bonds. The van der Waals surface area contributed by atoms with Gasteiger partial charge in [-0.3, -0.25) is 4.79 Å². The smallest absolute Gasteiger partial charge is 0.271 e. The number of furan rings is 1. The third-order valence-electron chi connectivity index (χ3n) is 5.16. The van der Waals surface area contributed by atoms with E-state index in [9.17, 15) is 4.79 Å². The third kappa shape index (κ3) is 5.91. The van der Waals surface area contributed by atoms with Crippen molar-refractivity contribution in [2.75, 3.05) is 5.32 Å². The van der Waals surface area contributed by atoms with Gasteiger partial charge in [-0.2, -0.15) is 5.10 Å². The van der Waals surface area contributed by atoms with Gasteiger partial charge in [-0.05, 0) is 60.7 Å². The fourth-order valence-corrected chi connectivity index (χ4v) is 4.45. The summed E-state index contributed by atoms with van der Waals surface area (Å²) in [4.78, 5) is 17.1. The average Bonchev–Trinajstić information content (AvgIpc) is 3.56. The average molecular weight is 578 g/mol. The van der Waals surface area contributed by atoms with E-state index in [1.54, 1.807) is 18.2 Å². The van der Waals surface area contributed by atoms with Gasteiger partial charge in [0.2, 0.25) is 0 Å². The molecule has 6 nitrogen and oxygen atoms in total. The summed E-state index contributed by atoms with van der Waals surface area (Å²) in [6.45, 7) is 0.